The first kappa shape index (κ1) is 20.3. The molecule has 5 nitrogen and oxygen atoms in total. The zero-order valence-electron chi connectivity index (χ0n) is 16.8. The summed E-state index contributed by atoms with van der Waals surface area (Å²) < 4.78 is 24.7. The molecule has 0 aliphatic heterocycles. The molecule has 156 valence electrons. The van der Waals surface area contributed by atoms with Gasteiger partial charge in [-0.1, -0.05) is 49.4 Å². The summed E-state index contributed by atoms with van der Waals surface area (Å²) in [6.07, 6.45) is -0.458. The van der Waals surface area contributed by atoms with Crippen molar-refractivity contribution in [3.63, 3.8) is 0 Å². The van der Waals surface area contributed by atoms with Crippen LogP contribution >= 0.6 is 0 Å². The van der Waals surface area contributed by atoms with E-state index in [4.69, 9.17) is 9.15 Å². The number of furan rings is 1. The SMILES string of the molecule is CC[C@H](Oc1ccc(F)cc1)C(=O)Nc1c(C(=O)c2ccccc2)oc2ccccc12. The van der Waals surface area contributed by atoms with Crippen molar-refractivity contribution in [2.24, 2.45) is 0 Å². The summed E-state index contributed by atoms with van der Waals surface area (Å²) in [5.74, 6) is -0.725. The van der Waals surface area contributed by atoms with Crippen molar-refractivity contribution in [2.45, 2.75) is 19.4 Å². The van der Waals surface area contributed by atoms with E-state index in [-0.39, 0.29) is 11.5 Å². The maximum atomic E-state index is 13.1. The van der Waals surface area contributed by atoms with Crippen LogP contribution in [0.25, 0.3) is 11.0 Å². The smallest absolute Gasteiger partial charge is 0.265 e. The van der Waals surface area contributed by atoms with Crippen molar-refractivity contribution < 1.29 is 23.1 Å². The number of ether oxygens (including phenoxy) is 1. The fourth-order valence-corrected chi connectivity index (χ4v) is 3.25. The van der Waals surface area contributed by atoms with Crippen LogP contribution in [0, 0.1) is 5.82 Å². The van der Waals surface area contributed by atoms with Gasteiger partial charge >= 0.3 is 0 Å². The first-order valence-electron chi connectivity index (χ1n) is 9.91. The first-order valence-corrected chi connectivity index (χ1v) is 9.91. The number of carbonyl (C=O) groups is 2. The van der Waals surface area contributed by atoms with Gasteiger partial charge in [0.2, 0.25) is 5.78 Å². The van der Waals surface area contributed by atoms with Crippen LogP contribution in [0.1, 0.15) is 29.5 Å². The van der Waals surface area contributed by atoms with Crippen molar-refractivity contribution >= 4 is 28.3 Å². The lowest BCUT2D eigenvalue weighted by Gasteiger charge is -2.17. The Morgan fingerprint density at radius 2 is 1.65 bits per heavy atom. The molecular weight excluding hydrogens is 397 g/mol. The van der Waals surface area contributed by atoms with Gasteiger partial charge in [-0.25, -0.2) is 4.39 Å². The van der Waals surface area contributed by atoms with Gasteiger partial charge in [0.05, 0.1) is 5.69 Å². The lowest BCUT2D eigenvalue weighted by atomic mass is 10.1. The molecule has 0 saturated carbocycles. The van der Waals surface area contributed by atoms with Crippen LogP contribution in [-0.4, -0.2) is 17.8 Å². The number of halogens is 1. The zero-order chi connectivity index (χ0) is 21.8. The Morgan fingerprint density at radius 1 is 0.968 bits per heavy atom. The number of hydrogen-bond donors (Lipinski definition) is 1. The van der Waals surface area contributed by atoms with E-state index >= 15 is 0 Å². The van der Waals surface area contributed by atoms with Crippen molar-refractivity contribution in [1.29, 1.82) is 0 Å². The van der Waals surface area contributed by atoms with Crippen LogP contribution < -0.4 is 10.1 Å². The lowest BCUT2D eigenvalue weighted by Crippen LogP contribution is -2.32. The van der Waals surface area contributed by atoms with Crippen molar-refractivity contribution in [1.82, 2.24) is 0 Å². The average Bonchev–Trinajstić information content (AvgIpc) is 3.17. The molecule has 0 fully saturated rings. The minimum Gasteiger partial charge on any atom is -0.481 e. The number of para-hydroxylation sites is 1. The van der Waals surface area contributed by atoms with Gasteiger partial charge in [-0.05, 0) is 42.8 Å². The number of amides is 1. The predicted octanol–water partition coefficient (Wildman–Crippen LogP) is 5.60. The highest BCUT2D eigenvalue weighted by atomic mass is 19.1. The Balaban J connectivity index is 1.65. The fourth-order valence-electron chi connectivity index (χ4n) is 3.25. The van der Waals surface area contributed by atoms with Crippen molar-refractivity contribution in [3.05, 3.63) is 96.0 Å². The van der Waals surface area contributed by atoms with Gasteiger partial charge < -0.3 is 14.5 Å². The second-order valence-electron chi connectivity index (χ2n) is 6.96. The van der Waals surface area contributed by atoms with E-state index in [0.29, 0.717) is 34.4 Å². The largest absolute Gasteiger partial charge is 0.481 e. The molecule has 1 aromatic heterocycles. The Hall–Kier alpha value is -3.93. The standard InChI is InChI=1S/C25H20FNO4/c1-2-20(30-18-14-12-17(26)13-15-18)25(29)27-22-19-10-6-7-11-21(19)31-24(22)23(28)16-8-4-3-5-9-16/h3-15,20H,2H2,1H3,(H,27,29)/t20-/m0/s1. The van der Waals surface area contributed by atoms with Crippen LogP contribution in [-0.2, 0) is 4.79 Å². The van der Waals surface area contributed by atoms with Gasteiger partial charge in [-0.3, -0.25) is 9.59 Å². The minimum atomic E-state index is -0.834. The van der Waals surface area contributed by atoms with Gasteiger partial charge in [-0.2, -0.15) is 0 Å². The molecule has 0 spiro atoms. The Bertz CT molecular complexity index is 1220. The van der Waals surface area contributed by atoms with Crippen LogP contribution in [0.2, 0.25) is 0 Å². The molecule has 6 heteroatoms. The molecule has 3 aromatic carbocycles. The summed E-state index contributed by atoms with van der Waals surface area (Å²) in [6, 6.07) is 21.3. The van der Waals surface area contributed by atoms with Gasteiger partial charge in [0, 0.05) is 10.9 Å². The van der Waals surface area contributed by atoms with Gasteiger partial charge in [0.15, 0.2) is 11.9 Å². The monoisotopic (exact) mass is 417 g/mol. The summed E-state index contributed by atoms with van der Waals surface area (Å²) in [5, 5.41) is 3.43. The molecule has 31 heavy (non-hydrogen) atoms. The Morgan fingerprint density at radius 3 is 2.35 bits per heavy atom. The normalized spacial score (nSPS) is 11.8. The molecule has 4 rings (SSSR count). The fraction of sp³-hybridized carbons (Fsp3) is 0.120. The molecule has 0 saturated heterocycles. The summed E-state index contributed by atoms with van der Waals surface area (Å²) in [5.41, 5.74) is 1.24. The molecule has 0 bridgehead atoms. The number of benzene rings is 3. The molecule has 0 aliphatic carbocycles. The number of nitrogens with one attached hydrogen (secondary N) is 1. The van der Waals surface area contributed by atoms with Crippen molar-refractivity contribution in [2.75, 3.05) is 5.32 Å². The molecule has 1 N–H and O–H groups in total. The van der Waals surface area contributed by atoms with E-state index < -0.39 is 17.8 Å². The molecular formula is C25H20FNO4. The second kappa shape index (κ2) is 8.83. The molecule has 1 heterocycles. The van der Waals surface area contributed by atoms with Gasteiger partial charge in [0.1, 0.15) is 17.1 Å². The summed E-state index contributed by atoms with van der Waals surface area (Å²) in [6.45, 7) is 1.80. The van der Waals surface area contributed by atoms with E-state index in [1.54, 1.807) is 55.5 Å². The van der Waals surface area contributed by atoms with Crippen LogP contribution in [0.4, 0.5) is 10.1 Å². The maximum absolute atomic E-state index is 13.1. The minimum absolute atomic E-state index is 0.0531. The molecule has 1 atom stereocenters. The number of fused-ring (bicyclic) bond motifs is 1. The number of carbonyl (C=O) groups excluding carboxylic acids is 2. The Labute approximate surface area is 178 Å². The summed E-state index contributed by atoms with van der Waals surface area (Å²) in [7, 11) is 0. The van der Waals surface area contributed by atoms with E-state index in [1.807, 2.05) is 6.07 Å². The van der Waals surface area contributed by atoms with Gasteiger partial charge in [0.25, 0.3) is 5.91 Å². The molecule has 1 amide bonds. The van der Waals surface area contributed by atoms with E-state index in [0.717, 1.165) is 0 Å². The van der Waals surface area contributed by atoms with E-state index in [1.165, 1.54) is 24.3 Å². The zero-order valence-corrected chi connectivity index (χ0v) is 16.8. The number of ketones is 1. The molecule has 4 aromatic rings. The highest BCUT2D eigenvalue weighted by molar-refractivity contribution is 6.17. The average molecular weight is 417 g/mol. The van der Waals surface area contributed by atoms with Crippen molar-refractivity contribution in [3.8, 4) is 5.75 Å². The summed E-state index contributed by atoms with van der Waals surface area (Å²) in [4.78, 5) is 26.1. The third kappa shape index (κ3) is 4.33. The third-order valence-corrected chi connectivity index (χ3v) is 4.84. The lowest BCUT2D eigenvalue weighted by molar-refractivity contribution is -0.122. The number of anilines is 1. The number of rotatable bonds is 7. The first-order chi connectivity index (χ1) is 15.1. The van der Waals surface area contributed by atoms with E-state index in [2.05, 4.69) is 5.32 Å². The van der Waals surface area contributed by atoms with E-state index in [9.17, 15) is 14.0 Å². The van der Waals surface area contributed by atoms with Gasteiger partial charge in [-0.15, -0.1) is 0 Å². The molecule has 0 radical (unpaired) electrons. The molecule has 0 aliphatic rings. The number of hydrogen-bond acceptors (Lipinski definition) is 4. The maximum Gasteiger partial charge on any atom is 0.265 e. The molecule has 0 unspecified atom stereocenters. The Kier molecular flexibility index (Phi) is 5.80. The van der Waals surface area contributed by atoms with Crippen LogP contribution in [0.3, 0.4) is 0 Å². The third-order valence-electron chi connectivity index (χ3n) is 4.84. The second-order valence-corrected chi connectivity index (χ2v) is 6.96. The predicted molar refractivity (Wildman–Crippen MR) is 116 cm³/mol. The topological polar surface area (TPSA) is 68.5 Å². The highest BCUT2D eigenvalue weighted by Crippen LogP contribution is 2.33. The van der Waals surface area contributed by atoms with Crippen LogP contribution in [0.5, 0.6) is 5.75 Å². The summed E-state index contributed by atoms with van der Waals surface area (Å²) >= 11 is 0. The van der Waals surface area contributed by atoms with Crippen LogP contribution in [0.15, 0.2) is 83.3 Å². The highest BCUT2D eigenvalue weighted by Gasteiger charge is 2.26. The quantitative estimate of drug-likeness (QED) is 0.398.